The van der Waals surface area contributed by atoms with Crippen molar-refractivity contribution in [3.63, 3.8) is 0 Å². The highest BCUT2D eigenvalue weighted by molar-refractivity contribution is 7.79. The van der Waals surface area contributed by atoms with Gasteiger partial charge in [-0.3, -0.25) is 14.9 Å². The zero-order valence-electron chi connectivity index (χ0n) is 18.9. The highest BCUT2D eigenvalue weighted by atomic mass is 32.1. The third-order valence-electron chi connectivity index (χ3n) is 4.13. The number of fused-ring (bicyclic) bond motifs is 1. The summed E-state index contributed by atoms with van der Waals surface area (Å²) in [5, 5.41) is 17.9. The smallest absolute Gasteiger partial charge is 0.271 e. The Morgan fingerprint density at radius 1 is 1.24 bits per heavy atom. The molecule has 0 aliphatic rings. The van der Waals surface area contributed by atoms with E-state index in [1.54, 1.807) is 31.4 Å². The Morgan fingerprint density at radius 3 is 2.55 bits per heavy atom. The van der Waals surface area contributed by atoms with Gasteiger partial charge in [0.05, 0.1) is 17.5 Å². The molecule has 0 aliphatic carbocycles. The van der Waals surface area contributed by atoms with Crippen LogP contribution in [-0.4, -0.2) is 34.2 Å². The molecular formula is C21H25N7O4S. The normalized spacial score (nSPS) is 9.39. The van der Waals surface area contributed by atoms with Gasteiger partial charge in [-0.05, 0) is 47.6 Å². The first-order chi connectivity index (χ1) is 15.9. The first kappa shape index (κ1) is 27.1. The van der Waals surface area contributed by atoms with Crippen LogP contribution in [0.1, 0.15) is 35.6 Å². The van der Waals surface area contributed by atoms with E-state index < -0.39 is 10.8 Å². The van der Waals surface area contributed by atoms with Crippen molar-refractivity contribution in [1.29, 1.82) is 0 Å². The number of carbonyl (C=O) groups is 1. The molecule has 0 aliphatic heterocycles. The summed E-state index contributed by atoms with van der Waals surface area (Å²) in [6.45, 7) is 5.86. The highest BCUT2D eigenvalue weighted by Gasteiger charge is 2.14. The third-order valence-corrected chi connectivity index (χ3v) is 4.13. The minimum Gasteiger partial charge on any atom is -0.497 e. The molecule has 0 fully saturated rings. The summed E-state index contributed by atoms with van der Waals surface area (Å²) in [6.07, 6.45) is 1.69. The second-order valence-corrected chi connectivity index (χ2v) is 5.95. The van der Waals surface area contributed by atoms with E-state index in [1.807, 2.05) is 13.8 Å². The highest BCUT2D eigenvalue weighted by Crippen LogP contribution is 2.26. The van der Waals surface area contributed by atoms with E-state index in [9.17, 15) is 14.9 Å². The number of aryl methyl sites for hydroxylation is 1. The molecule has 0 spiro atoms. The van der Waals surface area contributed by atoms with Crippen LogP contribution < -0.4 is 10.1 Å². The average molecular weight is 472 g/mol. The second kappa shape index (κ2) is 13.5. The first-order valence-corrected chi connectivity index (χ1v) is 10.7. The summed E-state index contributed by atoms with van der Waals surface area (Å²) >= 11 is 3.53. The topological polar surface area (TPSA) is 156 Å². The Morgan fingerprint density at radius 2 is 1.94 bits per heavy atom. The number of benzene rings is 2. The fourth-order valence-electron chi connectivity index (χ4n) is 2.79. The standard InChI is InChI=1S/C18H15N7O4.C2H6.CH4S/c1-10-21-16-7-12(25(27)28)4-6-14(16)17(22-10)20-9-11-3-5-13(29-2)8-15(11)18(26)23-24-19;2*1-2/h3-8H,9H2,1-2H3,(H,20,21,22);1-2H3;2H,1H3. The number of methoxy groups -OCH3 is 1. The van der Waals surface area contributed by atoms with Gasteiger partial charge in [-0.15, -0.1) is 0 Å². The van der Waals surface area contributed by atoms with Gasteiger partial charge in [0.1, 0.15) is 17.4 Å². The van der Waals surface area contributed by atoms with Crippen molar-refractivity contribution >= 4 is 40.9 Å². The van der Waals surface area contributed by atoms with Crippen molar-refractivity contribution < 1.29 is 14.5 Å². The summed E-state index contributed by atoms with van der Waals surface area (Å²) in [4.78, 5) is 33.8. The van der Waals surface area contributed by atoms with Gasteiger partial charge >= 0.3 is 0 Å². The number of hydrogen-bond donors (Lipinski definition) is 2. The van der Waals surface area contributed by atoms with Crippen LogP contribution in [0.2, 0.25) is 0 Å². The largest absolute Gasteiger partial charge is 0.497 e. The number of azide groups is 1. The molecule has 2 aromatic carbocycles. The molecule has 33 heavy (non-hydrogen) atoms. The predicted molar refractivity (Wildman–Crippen MR) is 131 cm³/mol. The number of non-ortho nitro benzene ring substituents is 1. The minimum atomic E-state index is -0.734. The van der Waals surface area contributed by atoms with Gasteiger partial charge in [0.2, 0.25) is 5.91 Å². The molecule has 1 N–H and O–H groups in total. The van der Waals surface area contributed by atoms with Crippen LogP contribution >= 0.6 is 12.6 Å². The molecule has 0 bridgehead atoms. The molecule has 174 valence electrons. The molecule has 0 radical (unpaired) electrons. The van der Waals surface area contributed by atoms with Crippen molar-refractivity contribution in [2.45, 2.75) is 27.3 Å². The van der Waals surface area contributed by atoms with Crippen molar-refractivity contribution in [2.75, 3.05) is 18.7 Å². The van der Waals surface area contributed by atoms with Gasteiger partial charge < -0.3 is 10.1 Å². The number of ether oxygens (including phenoxy) is 1. The van der Waals surface area contributed by atoms with Gasteiger partial charge in [-0.1, -0.05) is 19.9 Å². The van der Waals surface area contributed by atoms with Crippen LogP contribution in [0.4, 0.5) is 11.5 Å². The van der Waals surface area contributed by atoms with Crippen molar-refractivity contribution in [2.24, 2.45) is 5.11 Å². The number of rotatable bonds is 6. The Hall–Kier alpha value is -3.89. The lowest BCUT2D eigenvalue weighted by molar-refractivity contribution is -0.384. The number of nitro benzene ring substituents is 1. The Kier molecular flexibility index (Phi) is 11.1. The number of anilines is 1. The summed E-state index contributed by atoms with van der Waals surface area (Å²) in [5.74, 6) is 0.601. The summed E-state index contributed by atoms with van der Waals surface area (Å²) in [6, 6.07) is 9.15. The zero-order chi connectivity index (χ0) is 25.0. The molecule has 0 saturated heterocycles. The Balaban J connectivity index is 0.00000129. The molecule has 0 atom stereocenters. The van der Waals surface area contributed by atoms with Crippen LogP contribution in [0.3, 0.4) is 0 Å². The van der Waals surface area contributed by atoms with E-state index in [0.717, 1.165) is 0 Å². The van der Waals surface area contributed by atoms with E-state index in [2.05, 4.69) is 37.9 Å². The van der Waals surface area contributed by atoms with Crippen LogP contribution in [0.25, 0.3) is 21.3 Å². The van der Waals surface area contributed by atoms with E-state index in [0.29, 0.717) is 33.9 Å². The SMILES string of the molecule is CC.COc1ccc(CNc2nc(C)nc3cc([N+](=O)[O-])ccc23)c(C(=O)N=[N+]=[N-])c1.CS. The van der Waals surface area contributed by atoms with Gasteiger partial charge in [-0.25, -0.2) is 9.97 Å². The van der Waals surface area contributed by atoms with E-state index in [-0.39, 0.29) is 17.8 Å². The number of nitrogens with zero attached hydrogens (tertiary/aromatic N) is 6. The number of nitrogens with one attached hydrogen (secondary N) is 1. The predicted octanol–water partition coefficient (Wildman–Crippen LogP) is 5.49. The van der Waals surface area contributed by atoms with Crippen LogP contribution in [0, 0.1) is 17.0 Å². The lowest BCUT2D eigenvalue weighted by atomic mass is 10.1. The summed E-state index contributed by atoms with van der Waals surface area (Å²) in [5.41, 5.74) is 9.67. The fourth-order valence-corrected chi connectivity index (χ4v) is 2.79. The molecule has 3 aromatic rings. The number of hydrogen-bond acceptors (Lipinski definition) is 8. The maximum Gasteiger partial charge on any atom is 0.271 e. The van der Waals surface area contributed by atoms with Gasteiger partial charge in [-0.2, -0.15) is 12.6 Å². The van der Waals surface area contributed by atoms with Crippen LogP contribution in [0.15, 0.2) is 41.5 Å². The molecule has 1 amide bonds. The second-order valence-electron chi connectivity index (χ2n) is 5.95. The number of aromatic nitrogens is 2. The monoisotopic (exact) mass is 471 g/mol. The van der Waals surface area contributed by atoms with Gasteiger partial charge in [0.15, 0.2) is 0 Å². The molecule has 1 aromatic heterocycles. The maximum atomic E-state index is 12.1. The van der Waals surface area contributed by atoms with Crippen LogP contribution in [-0.2, 0) is 6.54 Å². The minimum absolute atomic E-state index is 0.0704. The Labute approximate surface area is 196 Å². The number of nitro groups is 1. The van der Waals surface area contributed by atoms with E-state index >= 15 is 0 Å². The number of carbonyl (C=O) groups excluding carboxylic acids is 1. The molecule has 1 heterocycles. The molecule has 11 nitrogen and oxygen atoms in total. The maximum absolute atomic E-state index is 12.1. The van der Waals surface area contributed by atoms with Gasteiger partial charge in [0, 0.05) is 34.5 Å². The van der Waals surface area contributed by atoms with Gasteiger partial charge in [0.25, 0.3) is 5.69 Å². The summed E-state index contributed by atoms with van der Waals surface area (Å²) in [7, 11) is 1.46. The molecule has 0 saturated carbocycles. The average Bonchev–Trinajstić information content (AvgIpc) is 2.84. The van der Waals surface area contributed by atoms with Crippen molar-refractivity contribution in [3.8, 4) is 5.75 Å². The number of amides is 1. The van der Waals surface area contributed by atoms with Crippen molar-refractivity contribution in [1.82, 2.24) is 9.97 Å². The lowest BCUT2D eigenvalue weighted by Gasteiger charge is -2.12. The molecule has 3 rings (SSSR count). The number of thiol groups is 1. The van der Waals surface area contributed by atoms with E-state index in [4.69, 9.17) is 10.3 Å². The first-order valence-electron chi connectivity index (χ1n) is 9.80. The Bertz CT molecular complexity index is 1180. The zero-order valence-corrected chi connectivity index (χ0v) is 19.8. The molecule has 12 heteroatoms. The van der Waals surface area contributed by atoms with Crippen molar-refractivity contribution in [3.05, 3.63) is 73.9 Å². The fraction of sp³-hybridized carbons (Fsp3) is 0.286. The molecule has 0 unspecified atom stereocenters. The summed E-state index contributed by atoms with van der Waals surface area (Å²) < 4.78 is 5.12. The molecular weight excluding hydrogens is 446 g/mol. The lowest BCUT2D eigenvalue weighted by Crippen LogP contribution is -2.09. The quantitative estimate of drug-likeness (QED) is 0.120. The van der Waals surface area contributed by atoms with Crippen LogP contribution in [0.5, 0.6) is 5.75 Å². The third kappa shape index (κ3) is 7.06. The van der Waals surface area contributed by atoms with E-state index in [1.165, 1.54) is 25.3 Å².